The molecule has 5 heterocycles. The number of rotatable bonds is 6. The summed E-state index contributed by atoms with van der Waals surface area (Å²) in [5.74, 6) is -0.00949. The minimum Gasteiger partial charge on any atom is -0.469 e. The van der Waals surface area contributed by atoms with Gasteiger partial charge in [-0.2, -0.15) is 10.2 Å². The van der Waals surface area contributed by atoms with Gasteiger partial charge in [0.05, 0.1) is 0 Å². The van der Waals surface area contributed by atoms with Crippen LogP contribution in [0, 0.1) is 28.6 Å². The van der Waals surface area contributed by atoms with Gasteiger partial charge in [-0.05, 0) is 47.4 Å². The Balaban J connectivity index is 1.47. The van der Waals surface area contributed by atoms with Gasteiger partial charge < -0.3 is 29.3 Å². The van der Waals surface area contributed by atoms with Crippen molar-refractivity contribution in [3.8, 4) is 23.4 Å². The number of nitrogens with zero attached hydrogens (tertiary/aromatic N) is 3. The first-order chi connectivity index (χ1) is 22.4. The smallest absolute Gasteiger partial charge is 0.250 e. The number of aliphatic hydroxyl groups excluding tert-OH is 1. The molecule has 5 atom stereocenters. The fraction of sp³-hybridized carbons (Fsp3) is 0.417. The van der Waals surface area contributed by atoms with E-state index < -0.39 is 35.1 Å². The van der Waals surface area contributed by atoms with Crippen LogP contribution in [0.25, 0.3) is 11.6 Å². The number of nitriles is 1. The molecule has 0 fully saturated rings. The van der Waals surface area contributed by atoms with Gasteiger partial charge in [0.2, 0.25) is 17.7 Å². The Kier molecular flexibility index (Phi) is 7.24. The van der Waals surface area contributed by atoms with Crippen LogP contribution in [-0.2, 0) is 21.4 Å². The van der Waals surface area contributed by atoms with Crippen molar-refractivity contribution < 1.29 is 28.3 Å². The fourth-order valence-corrected chi connectivity index (χ4v) is 7.07. The van der Waals surface area contributed by atoms with Crippen LogP contribution in [0.15, 0.2) is 57.6 Å². The van der Waals surface area contributed by atoms with E-state index in [-0.39, 0.29) is 53.6 Å². The van der Waals surface area contributed by atoms with Crippen LogP contribution in [-0.4, -0.2) is 39.1 Å². The predicted octanol–water partition coefficient (Wildman–Crippen LogP) is 5.42. The number of hydrogen-bond acceptors (Lipinski definition) is 10. The zero-order chi connectivity index (χ0) is 33.2. The van der Waals surface area contributed by atoms with Crippen molar-refractivity contribution in [1.82, 2.24) is 15.3 Å². The Hall–Kier alpha value is -4.95. The van der Waals surface area contributed by atoms with E-state index in [4.69, 9.17) is 18.6 Å². The molecule has 1 spiro atoms. The highest BCUT2D eigenvalue weighted by molar-refractivity contribution is 5.89. The van der Waals surface area contributed by atoms with E-state index in [1.165, 1.54) is 6.26 Å². The SMILES string of the molecule is CC(C)C[C@H](O)C(=O)C[C@H]1Cc2ccc3c(c2)C2(c4ccccc4N[C@H]2O3)c2oc(nc2-c2nc(C#N)co2)[C@H](C(C)(C)C)NC1=O. The molecule has 1 unspecified atom stereocenters. The first-order valence-corrected chi connectivity index (χ1v) is 15.9. The number of ketones is 1. The number of amides is 1. The van der Waals surface area contributed by atoms with Gasteiger partial charge in [-0.3, -0.25) is 9.59 Å². The zero-order valence-corrected chi connectivity index (χ0v) is 27.0. The number of carbonyl (C=O) groups excluding carboxylic acids is 2. The molecule has 0 saturated heterocycles. The molecule has 1 amide bonds. The maximum atomic E-state index is 14.1. The fourth-order valence-electron chi connectivity index (χ4n) is 7.07. The van der Waals surface area contributed by atoms with Crippen molar-refractivity contribution in [3.05, 3.63) is 82.8 Å². The van der Waals surface area contributed by atoms with Crippen LogP contribution in [0.5, 0.6) is 5.75 Å². The minimum atomic E-state index is -1.16. The number of fused-ring (bicyclic) bond motifs is 4. The average Bonchev–Trinajstić information content (AvgIpc) is 3.79. The third kappa shape index (κ3) is 4.99. The molecule has 7 rings (SSSR count). The molecule has 2 aromatic heterocycles. The number of anilines is 1. The number of ether oxygens (including phenoxy) is 1. The Labute approximate surface area is 272 Å². The Morgan fingerprint density at radius 1 is 1.15 bits per heavy atom. The standard InChI is InChI=1S/C36H37N5O6/c1-18(2)12-25(42)26(43)15-20-13-19-10-11-27-23(14-19)36(22-8-6-7-9-24(22)39-34(36)46-27)30-28(32-38-21(16-37)17-45-32)40-33(47-30)29(35(3,4)5)41-31(20)44/h6-11,14,17-18,20,25,29,34,39,42H,12-13,15H2,1-5H3,(H,41,44)/t20-,25+,29-,34+,36?/m1/s1. The summed E-state index contributed by atoms with van der Waals surface area (Å²) in [4.78, 5) is 36.8. The van der Waals surface area contributed by atoms with E-state index in [9.17, 15) is 20.0 Å². The molecule has 47 heavy (non-hydrogen) atoms. The molecule has 11 heteroatoms. The van der Waals surface area contributed by atoms with E-state index in [1.807, 2.05) is 83.2 Å². The number of oxazole rings is 2. The van der Waals surface area contributed by atoms with Crippen molar-refractivity contribution in [2.24, 2.45) is 17.3 Å². The lowest BCUT2D eigenvalue weighted by Crippen LogP contribution is -2.42. The summed E-state index contributed by atoms with van der Waals surface area (Å²) in [5.41, 5.74) is 2.12. The van der Waals surface area contributed by atoms with Crippen LogP contribution in [0.2, 0.25) is 0 Å². The number of para-hydroxylation sites is 1. The first kappa shape index (κ1) is 30.7. The molecule has 3 aliphatic rings. The molecule has 4 aromatic rings. The Morgan fingerprint density at radius 3 is 2.66 bits per heavy atom. The molecule has 2 aromatic carbocycles. The van der Waals surface area contributed by atoms with Crippen LogP contribution >= 0.6 is 0 Å². The van der Waals surface area contributed by atoms with Crippen molar-refractivity contribution >= 4 is 17.4 Å². The predicted molar refractivity (Wildman–Crippen MR) is 170 cm³/mol. The zero-order valence-electron chi connectivity index (χ0n) is 27.0. The van der Waals surface area contributed by atoms with Gasteiger partial charge in [0.1, 0.15) is 35.6 Å². The van der Waals surface area contributed by atoms with Gasteiger partial charge in [-0.25, -0.2) is 4.98 Å². The topological polar surface area (TPSA) is 164 Å². The summed E-state index contributed by atoms with van der Waals surface area (Å²) in [7, 11) is 0. The number of Topliss-reactive ketones (excluding diaryl/α,β-unsaturated/α-hetero) is 1. The largest absolute Gasteiger partial charge is 0.469 e. The third-order valence-corrected chi connectivity index (χ3v) is 9.33. The quantitative estimate of drug-likeness (QED) is 0.249. The molecule has 3 aliphatic heterocycles. The second-order valence-corrected chi connectivity index (χ2v) is 14.2. The van der Waals surface area contributed by atoms with E-state index in [1.54, 1.807) is 0 Å². The second-order valence-electron chi connectivity index (χ2n) is 14.2. The van der Waals surface area contributed by atoms with Gasteiger partial charge in [0.15, 0.2) is 29.2 Å². The summed E-state index contributed by atoms with van der Waals surface area (Å²) < 4.78 is 19.2. The van der Waals surface area contributed by atoms with Crippen LogP contribution in [0.3, 0.4) is 0 Å². The van der Waals surface area contributed by atoms with Crippen molar-refractivity contribution in [2.45, 2.75) is 77.7 Å². The lowest BCUT2D eigenvalue weighted by molar-refractivity contribution is -0.134. The number of aromatic nitrogens is 2. The number of benzene rings is 2. The lowest BCUT2D eigenvalue weighted by Gasteiger charge is -2.32. The molecule has 4 bridgehead atoms. The highest BCUT2D eigenvalue weighted by Crippen LogP contribution is 2.59. The number of carbonyl (C=O) groups is 2. The molecule has 0 radical (unpaired) electrons. The molecule has 11 nitrogen and oxygen atoms in total. The highest BCUT2D eigenvalue weighted by atomic mass is 16.5. The summed E-state index contributed by atoms with van der Waals surface area (Å²) in [6.45, 7) is 9.77. The third-order valence-electron chi connectivity index (χ3n) is 9.33. The number of nitrogens with one attached hydrogen (secondary N) is 2. The summed E-state index contributed by atoms with van der Waals surface area (Å²) in [6.07, 6.45) is -0.0526. The molecule has 0 aliphatic carbocycles. The average molecular weight is 636 g/mol. The summed E-state index contributed by atoms with van der Waals surface area (Å²) >= 11 is 0. The van der Waals surface area contributed by atoms with E-state index in [0.29, 0.717) is 17.9 Å². The number of aliphatic hydroxyl groups is 1. The van der Waals surface area contributed by atoms with Gasteiger partial charge in [-0.15, -0.1) is 0 Å². The van der Waals surface area contributed by atoms with Crippen LogP contribution < -0.4 is 15.4 Å². The van der Waals surface area contributed by atoms with Crippen molar-refractivity contribution in [1.29, 1.82) is 5.26 Å². The van der Waals surface area contributed by atoms with Gasteiger partial charge in [0, 0.05) is 23.6 Å². The van der Waals surface area contributed by atoms with E-state index in [0.717, 1.165) is 22.4 Å². The Morgan fingerprint density at radius 2 is 1.94 bits per heavy atom. The molecular formula is C36H37N5O6. The van der Waals surface area contributed by atoms with Gasteiger partial charge >= 0.3 is 0 Å². The van der Waals surface area contributed by atoms with E-state index in [2.05, 4.69) is 15.6 Å². The van der Waals surface area contributed by atoms with Crippen LogP contribution in [0.1, 0.15) is 87.5 Å². The maximum Gasteiger partial charge on any atom is 0.250 e. The number of hydrogen-bond donors (Lipinski definition) is 3. The summed E-state index contributed by atoms with van der Waals surface area (Å²) in [6, 6.07) is 14.9. The summed E-state index contributed by atoms with van der Waals surface area (Å²) in [5, 5.41) is 26.9. The first-order valence-electron chi connectivity index (χ1n) is 15.9. The highest BCUT2D eigenvalue weighted by Gasteiger charge is 2.61. The minimum absolute atomic E-state index is 0.0885. The van der Waals surface area contributed by atoms with Crippen LogP contribution in [0.4, 0.5) is 5.69 Å². The lowest BCUT2D eigenvalue weighted by atomic mass is 9.72. The van der Waals surface area contributed by atoms with E-state index >= 15 is 0 Å². The normalized spacial score (nSPS) is 23.4. The maximum absolute atomic E-state index is 14.1. The molecule has 242 valence electrons. The van der Waals surface area contributed by atoms with Gasteiger partial charge in [-0.1, -0.05) is 65.0 Å². The van der Waals surface area contributed by atoms with Crippen molar-refractivity contribution in [3.63, 3.8) is 0 Å². The second kappa shape index (κ2) is 11.1. The van der Waals surface area contributed by atoms with Gasteiger partial charge in [0.25, 0.3) is 0 Å². The molecular weight excluding hydrogens is 598 g/mol. The molecule has 0 saturated carbocycles. The monoisotopic (exact) mass is 635 g/mol. The van der Waals surface area contributed by atoms with Crippen molar-refractivity contribution in [2.75, 3.05) is 5.32 Å². The Bertz CT molecular complexity index is 1930. The molecule has 3 N–H and O–H groups in total.